The van der Waals surface area contributed by atoms with Crippen LogP contribution >= 0.6 is 12.4 Å². The average Bonchev–Trinajstić information content (AvgIpc) is 1.89. The smallest absolute Gasteiger partial charge is 0.0926 e. The molecule has 0 bridgehead atoms. The van der Waals surface area contributed by atoms with Gasteiger partial charge in [0.15, 0.2) is 0 Å². The number of likely N-dealkylation sites (N-methyl/N-ethyl adjacent to an activating group) is 1. The second kappa shape index (κ2) is 4.91. The average molecular weight is 168 g/mol. The minimum atomic E-state index is -0.316. The van der Waals surface area contributed by atoms with Gasteiger partial charge in [-0.25, -0.2) is 0 Å². The van der Waals surface area contributed by atoms with Gasteiger partial charge in [-0.05, 0) is 13.5 Å². The summed E-state index contributed by atoms with van der Waals surface area (Å²) in [7, 11) is 1.86. The Labute approximate surface area is 67.2 Å². The van der Waals surface area contributed by atoms with Crippen molar-refractivity contribution in [1.29, 1.82) is 0 Å². The first-order valence-corrected chi connectivity index (χ1v) is 3.27. The van der Waals surface area contributed by atoms with E-state index in [1.807, 2.05) is 7.05 Å². The molecule has 0 amide bonds. The lowest BCUT2D eigenvalue weighted by molar-refractivity contribution is -0.0258. The Balaban J connectivity index is 0.000000810. The number of hydrogen-bond acceptors (Lipinski definition) is 3. The second-order valence-electron chi connectivity index (χ2n) is 2.33. The summed E-state index contributed by atoms with van der Waals surface area (Å²) in [6, 6.07) is 0.235. The van der Waals surface area contributed by atoms with E-state index in [0.29, 0.717) is 6.61 Å². The lowest BCUT2D eigenvalue weighted by Gasteiger charge is -2.26. The van der Waals surface area contributed by atoms with Crippen molar-refractivity contribution in [3.63, 3.8) is 0 Å². The van der Waals surface area contributed by atoms with E-state index in [1.54, 1.807) is 0 Å². The van der Waals surface area contributed by atoms with Crippen molar-refractivity contribution in [2.45, 2.75) is 18.6 Å². The van der Waals surface area contributed by atoms with E-state index in [9.17, 15) is 5.11 Å². The second-order valence-corrected chi connectivity index (χ2v) is 2.33. The molecule has 1 aliphatic rings. The molecule has 10 heavy (non-hydrogen) atoms. The third kappa shape index (κ3) is 2.42. The molecule has 1 fully saturated rings. The Morgan fingerprint density at radius 1 is 1.60 bits per heavy atom. The molecular weight excluding hydrogens is 154 g/mol. The molecule has 3 nitrogen and oxygen atoms in total. The van der Waals surface area contributed by atoms with Crippen molar-refractivity contribution >= 4 is 12.4 Å². The SMILES string of the molecule is CNC1CCOCC1O.Cl. The zero-order chi connectivity index (χ0) is 6.69. The first kappa shape index (κ1) is 10.2. The molecule has 1 aliphatic heterocycles. The maximum absolute atomic E-state index is 9.18. The first-order valence-electron chi connectivity index (χ1n) is 3.27. The van der Waals surface area contributed by atoms with Crippen LogP contribution in [0.3, 0.4) is 0 Å². The van der Waals surface area contributed by atoms with Gasteiger partial charge in [0.1, 0.15) is 0 Å². The molecule has 1 rings (SSSR count). The Morgan fingerprint density at radius 3 is 2.70 bits per heavy atom. The van der Waals surface area contributed by atoms with Crippen LogP contribution in [0.15, 0.2) is 0 Å². The molecule has 0 saturated carbocycles. The molecule has 62 valence electrons. The van der Waals surface area contributed by atoms with Crippen molar-refractivity contribution in [2.75, 3.05) is 20.3 Å². The monoisotopic (exact) mass is 167 g/mol. The summed E-state index contributed by atoms with van der Waals surface area (Å²) in [6.07, 6.45) is 0.598. The zero-order valence-electron chi connectivity index (χ0n) is 6.04. The number of aliphatic hydroxyl groups is 1. The third-order valence-corrected chi connectivity index (χ3v) is 1.70. The van der Waals surface area contributed by atoms with Crippen molar-refractivity contribution < 1.29 is 9.84 Å². The normalized spacial score (nSPS) is 33.0. The largest absolute Gasteiger partial charge is 0.389 e. The summed E-state index contributed by atoms with van der Waals surface area (Å²) >= 11 is 0. The molecule has 1 saturated heterocycles. The van der Waals surface area contributed by atoms with Crippen LogP contribution in [0.1, 0.15) is 6.42 Å². The Kier molecular flexibility index (Phi) is 4.99. The summed E-state index contributed by atoms with van der Waals surface area (Å²) in [6.45, 7) is 1.24. The number of rotatable bonds is 1. The number of halogens is 1. The maximum Gasteiger partial charge on any atom is 0.0926 e. The van der Waals surface area contributed by atoms with Gasteiger partial charge in [0, 0.05) is 12.6 Å². The van der Waals surface area contributed by atoms with Crippen LogP contribution in [0, 0.1) is 0 Å². The van der Waals surface area contributed by atoms with Crippen LogP contribution in [0.4, 0.5) is 0 Å². The van der Waals surface area contributed by atoms with Gasteiger partial charge in [0.2, 0.25) is 0 Å². The van der Waals surface area contributed by atoms with Crippen LogP contribution in [0.25, 0.3) is 0 Å². The summed E-state index contributed by atoms with van der Waals surface area (Å²) in [5, 5.41) is 12.2. The minimum absolute atomic E-state index is 0. The molecule has 4 heteroatoms. The van der Waals surface area contributed by atoms with Gasteiger partial charge in [0.05, 0.1) is 12.7 Å². The maximum atomic E-state index is 9.18. The van der Waals surface area contributed by atoms with Crippen molar-refractivity contribution in [3.8, 4) is 0 Å². The molecule has 2 N–H and O–H groups in total. The Hall–Kier alpha value is 0.170. The summed E-state index contributed by atoms with van der Waals surface area (Å²) in [5.41, 5.74) is 0. The molecular formula is C6H14ClNO2. The number of hydrogen-bond donors (Lipinski definition) is 2. The fraction of sp³-hybridized carbons (Fsp3) is 1.00. The highest BCUT2D eigenvalue weighted by molar-refractivity contribution is 5.85. The van der Waals surface area contributed by atoms with Gasteiger partial charge in [-0.3, -0.25) is 0 Å². The number of nitrogens with one attached hydrogen (secondary N) is 1. The molecule has 0 aromatic rings. The van der Waals surface area contributed by atoms with Gasteiger partial charge >= 0.3 is 0 Å². The molecule has 1 heterocycles. The standard InChI is InChI=1S/C6H13NO2.ClH/c1-7-5-2-3-9-4-6(5)8;/h5-8H,2-4H2,1H3;1H. The molecule has 2 unspecified atom stereocenters. The van der Waals surface area contributed by atoms with Crippen LogP contribution < -0.4 is 5.32 Å². The van der Waals surface area contributed by atoms with Crippen LogP contribution in [-0.4, -0.2) is 37.5 Å². The third-order valence-electron chi connectivity index (χ3n) is 1.70. The Morgan fingerprint density at radius 2 is 2.30 bits per heavy atom. The summed E-state index contributed by atoms with van der Waals surface area (Å²) < 4.78 is 5.02. The van der Waals surface area contributed by atoms with Crippen molar-refractivity contribution in [3.05, 3.63) is 0 Å². The number of aliphatic hydroxyl groups excluding tert-OH is 1. The lowest BCUT2D eigenvalue weighted by atomic mass is 10.1. The van der Waals surface area contributed by atoms with E-state index < -0.39 is 0 Å². The predicted octanol–water partition coefficient (Wildman–Crippen LogP) is -0.223. The number of ether oxygens (including phenoxy) is 1. The molecule has 0 aromatic heterocycles. The topological polar surface area (TPSA) is 41.5 Å². The fourth-order valence-electron chi connectivity index (χ4n) is 1.06. The minimum Gasteiger partial charge on any atom is -0.389 e. The van der Waals surface area contributed by atoms with Gasteiger partial charge in [0.25, 0.3) is 0 Å². The zero-order valence-corrected chi connectivity index (χ0v) is 6.86. The van der Waals surface area contributed by atoms with E-state index in [1.165, 1.54) is 0 Å². The van der Waals surface area contributed by atoms with Crippen LogP contribution in [0.5, 0.6) is 0 Å². The van der Waals surface area contributed by atoms with E-state index in [0.717, 1.165) is 13.0 Å². The van der Waals surface area contributed by atoms with Gasteiger partial charge in [-0.2, -0.15) is 0 Å². The van der Waals surface area contributed by atoms with Gasteiger partial charge < -0.3 is 15.2 Å². The molecule has 0 radical (unpaired) electrons. The van der Waals surface area contributed by atoms with Crippen molar-refractivity contribution in [1.82, 2.24) is 5.32 Å². The highest BCUT2D eigenvalue weighted by atomic mass is 35.5. The highest BCUT2D eigenvalue weighted by Crippen LogP contribution is 2.05. The van der Waals surface area contributed by atoms with E-state index in [4.69, 9.17) is 4.74 Å². The Bertz CT molecular complexity index is 91.8. The van der Waals surface area contributed by atoms with Crippen molar-refractivity contribution in [2.24, 2.45) is 0 Å². The van der Waals surface area contributed by atoms with Gasteiger partial charge in [-0.1, -0.05) is 0 Å². The lowest BCUT2D eigenvalue weighted by Crippen LogP contribution is -2.44. The molecule has 2 atom stereocenters. The van der Waals surface area contributed by atoms with Gasteiger partial charge in [-0.15, -0.1) is 12.4 Å². The van der Waals surface area contributed by atoms with Crippen LogP contribution in [0.2, 0.25) is 0 Å². The summed E-state index contributed by atoms with van der Waals surface area (Å²) in [4.78, 5) is 0. The molecule has 0 aliphatic carbocycles. The van der Waals surface area contributed by atoms with Crippen LogP contribution in [-0.2, 0) is 4.74 Å². The fourth-order valence-corrected chi connectivity index (χ4v) is 1.06. The highest BCUT2D eigenvalue weighted by Gasteiger charge is 2.20. The quantitative estimate of drug-likeness (QED) is 0.568. The summed E-state index contributed by atoms with van der Waals surface area (Å²) in [5.74, 6) is 0. The van der Waals surface area contributed by atoms with E-state index in [-0.39, 0.29) is 24.6 Å². The van der Waals surface area contributed by atoms with E-state index >= 15 is 0 Å². The molecule has 0 aromatic carbocycles. The molecule has 0 spiro atoms. The first-order chi connectivity index (χ1) is 4.34. The van der Waals surface area contributed by atoms with E-state index in [2.05, 4.69) is 5.32 Å². The predicted molar refractivity (Wildman–Crippen MR) is 41.5 cm³/mol.